The maximum absolute atomic E-state index is 12.5. The molecule has 0 aliphatic rings. The van der Waals surface area contributed by atoms with E-state index in [1.807, 2.05) is 19.0 Å². The van der Waals surface area contributed by atoms with Gasteiger partial charge in [-0.1, -0.05) is 17.7 Å². The van der Waals surface area contributed by atoms with E-state index < -0.39 is 5.97 Å². The van der Waals surface area contributed by atoms with Gasteiger partial charge in [0.25, 0.3) is 5.91 Å². The summed E-state index contributed by atoms with van der Waals surface area (Å²) in [4.78, 5) is 26.6. The van der Waals surface area contributed by atoms with Crippen molar-refractivity contribution in [2.45, 2.75) is 6.92 Å². The number of nitrogens with zero attached hydrogens (tertiary/aromatic N) is 2. The molecule has 1 amide bonds. The summed E-state index contributed by atoms with van der Waals surface area (Å²) in [5.74, 6) is -1.34. The van der Waals surface area contributed by atoms with Crippen LogP contribution in [0.2, 0.25) is 5.02 Å². The normalized spacial score (nSPS) is 10.7. The fourth-order valence-corrected chi connectivity index (χ4v) is 1.92. The Balaban J connectivity index is 2.97. The Morgan fingerprint density at radius 1 is 1.25 bits per heavy atom. The highest BCUT2D eigenvalue weighted by molar-refractivity contribution is 6.31. The third-order valence-corrected chi connectivity index (χ3v) is 3.34. The summed E-state index contributed by atoms with van der Waals surface area (Å²) in [5.41, 5.74) is 1.11. The molecule has 0 bridgehead atoms. The van der Waals surface area contributed by atoms with Crippen molar-refractivity contribution in [1.82, 2.24) is 9.80 Å². The summed E-state index contributed by atoms with van der Waals surface area (Å²) < 4.78 is 0. The number of hydrogen-bond donors (Lipinski definition) is 1. The van der Waals surface area contributed by atoms with Crippen LogP contribution in [0.4, 0.5) is 0 Å². The number of carbonyl (C=O) groups is 2. The quantitative estimate of drug-likeness (QED) is 0.869. The van der Waals surface area contributed by atoms with Gasteiger partial charge in [-0.3, -0.25) is 9.59 Å². The minimum Gasteiger partial charge on any atom is -0.480 e. The second-order valence-corrected chi connectivity index (χ2v) is 5.24. The molecule has 0 radical (unpaired) electrons. The molecule has 0 unspecified atom stereocenters. The molecular weight excluding hydrogens is 280 g/mol. The van der Waals surface area contributed by atoms with E-state index >= 15 is 0 Å². The number of amides is 1. The number of halogens is 1. The molecule has 5 nitrogen and oxygen atoms in total. The number of hydrogen-bond acceptors (Lipinski definition) is 3. The monoisotopic (exact) mass is 298 g/mol. The summed E-state index contributed by atoms with van der Waals surface area (Å²) in [6, 6.07) is 5.05. The van der Waals surface area contributed by atoms with E-state index in [-0.39, 0.29) is 12.5 Å². The molecule has 20 heavy (non-hydrogen) atoms. The number of aliphatic carboxylic acids is 1. The van der Waals surface area contributed by atoms with Gasteiger partial charge in [-0.2, -0.15) is 0 Å². The minimum absolute atomic E-state index is 0.311. The second-order valence-electron chi connectivity index (χ2n) is 4.84. The molecule has 0 heterocycles. The van der Waals surface area contributed by atoms with Crippen molar-refractivity contribution in [2.75, 3.05) is 33.7 Å². The number of carboxylic acids is 1. The first-order valence-corrected chi connectivity index (χ1v) is 6.61. The predicted octanol–water partition coefficient (Wildman–Crippen LogP) is 1.74. The first-order chi connectivity index (χ1) is 9.32. The third-order valence-electron chi connectivity index (χ3n) is 2.93. The molecule has 0 atom stereocenters. The smallest absolute Gasteiger partial charge is 0.323 e. The van der Waals surface area contributed by atoms with Crippen molar-refractivity contribution in [2.24, 2.45) is 0 Å². The summed E-state index contributed by atoms with van der Waals surface area (Å²) >= 11 is 6.00. The first-order valence-electron chi connectivity index (χ1n) is 6.24. The van der Waals surface area contributed by atoms with Crippen molar-refractivity contribution in [3.05, 3.63) is 34.3 Å². The molecule has 1 N–H and O–H groups in total. The topological polar surface area (TPSA) is 60.9 Å². The maximum atomic E-state index is 12.5. The van der Waals surface area contributed by atoms with Gasteiger partial charge >= 0.3 is 5.97 Å². The Bertz CT molecular complexity index is 503. The van der Waals surface area contributed by atoms with E-state index in [1.165, 1.54) is 4.90 Å². The molecule has 110 valence electrons. The largest absolute Gasteiger partial charge is 0.480 e. The van der Waals surface area contributed by atoms with Crippen LogP contribution in [0.3, 0.4) is 0 Å². The Labute approximate surface area is 123 Å². The Kier molecular flexibility index (Phi) is 5.98. The van der Waals surface area contributed by atoms with Gasteiger partial charge in [-0.05, 0) is 38.7 Å². The van der Waals surface area contributed by atoms with E-state index in [0.29, 0.717) is 29.2 Å². The van der Waals surface area contributed by atoms with Crippen molar-refractivity contribution >= 4 is 23.5 Å². The van der Waals surface area contributed by atoms with Gasteiger partial charge in [0, 0.05) is 23.7 Å². The van der Waals surface area contributed by atoms with Crippen LogP contribution in [-0.2, 0) is 4.79 Å². The zero-order valence-corrected chi connectivity index (χ0v) is 12.6. The van der Waals surface area contributed by atoms with Gasteiger partial charge in [0.05, 0.1) is 0 Å². The second kappa shape index (κ2) is 7.26. The molecule has 0 aromatic heterocycles. The number of rotatable bonds is 6. The number of carboxylic acid groups (broad SMARTS) is 1. The van der Waals surface area contributed by atoms with Crippen LogP contribution in [0, 0.1) is 6.92 Å². The average molecular weight is 299 g/mol. The molecule has 0 aliphatic heterocycles. The van der Waals surface area contributed by atoms with Gasteiger partial charge in [0.15, 0.2) is 0 Å². The third kappa shape index (κ3) is 4.51. The lowest BCUT2D eigenvalue weighted by molar-refractivity contribution is -0.137. The molecule has 0 fully saturated rings. The zero-order valence-electron chi connectivity index (χ0n) is 11.9. The molecule has 6 heteroatoms. The highest BCUT2D eigenvalue weighted by atomic mass is 35.5. The minimum atomic E-state index is -1.03. The van der Waals surface area contributed by atoms with Crippen molar-refractivity contribution in [3.8, 4) is 0 Å². The van der Waals surface area contributed by atoms with E-state index in [9.17, 15) is 9.59 Å². The van der Waals surface area contributed by atoms with E-state index in [4.69, 9.17) is 16.7 Å². The lowest BCUT2D eigenvalue weighted by Gasteiger charge is -2.23. The fourth-order valence-electron chi connectivity index (χ4n) is 1.75. The van der Waals surface area contributed by atoms with Gasteiger partial charge in [-0.25, -0.2) is 0 Å². The number of benzene rings is 1. The highest BCUT2D eigenvalue weighted by Crippen LogP contribution is 2.20. The van der Waals surface area contributed by atoms with E-state index in [2.05, 4.69) is 0 Å². The van der Waals surface area contributed by atoms with Gasteiger partial charge in [0.1, 0.15) is 6.54 Å². The van der Waals surface area contributed by atoms with Crippen LogP contribution in [0.15, 0.2) is 18.2 Å². The lowest BCUT2D eigenvalue weighted by atomic mass is 10.1. The first kappa shape index (κ1) is 16.5. The SMILES string of the molecule is Cc1c(Cl)cccc1C(=O)N(CCN(C)C)CC(=O)O. The zero-order chi connectivity index (χ0) is 15.3. The van der Waals surface area contributed by atoms with Crippen LogP contribution >= 0.6 is 11.6 Å². The van der Waals surface area contributed by atoms with Crippen LogP contribution < -0.4 is 0 Å². The van der Waals surface area contributed by atoms with Crippen LogP contribution in [0.1, 0.15) is 15.9 Å². The summed E-state index contributed by atoms with van der Waals surface area (Å²) in [6.07, 6.45) is 0. The number of likely N-dealkylation sites (N-methyl/N-ethyl adjacent to an activating group) is 1. The average Bonchev–Trinajstić information content (AvgIpc) is 2.36. The van der Waals surface area contributed by atoms with Crippen LogP contribution in [-0.4, -0.2) is 60.5 Å². The molecule has 0 aliphatic carbocycles. The predicted molar refractivity (Wildman–Crippen MR) is 78.3 cm³/mol. The highest BCUT2D eigenvalue weighted by Gasteiger charge is 2.20. The van der Waals surface area contributed by atoms with Crippen molar-refractivity contribution in [3.63, 3.8) is 0 Å². The Morgan fingerprint density at radius 3 is 2.45 bits per heavy atom. The molecule has 1 aromatic carbocycles. The molecule has 1 aromatic rings. The van der Waals surface area contributed by atoms with E-state index in [1.54, 1.807) is 25.1 Å². The standard InChI is InChI=1S/C14H19ClN2O3/c1-10-11(5-4-6-12(10)15)14(20)17(9-13(18)19)8-7-16(2)3/h4-6H,7-9H2,1-3H3,(H,18,19). The van der Waals surface area contributed by atoms with Crippen LogP contribution in [0.25, 0.3) is 0 Å². The Morgan fingerprint density at radius 2 is 1.90 bits per heavy atom. The molecule has 1 rings (SSSR count). The lowest BCUT2D eigenvalue weighted by Crippen LogP contribution is -2.40. The molecular formula is C14H19ClN2O3. The van der Waals surface area contributed by atoms with Crippen molar-refractivity contribution in [1.29, 1.82) is 0 Å². The fraction of sp³-hybridized carbons (Fsp3) is 0.429. The summed E-state index contributed by atoms with van der Waals surface area (Å²) in [6.45, 7) is 2.38. The van der Waals surface area contributed by atoms with Crippen LogP contribution in [0.5, 0.6) is 0 Å². The Hall–Kier alpha value is -1.59. The van der Waals surface area contributed by atoms with Gasteiger partial charge in [0.2, 0.25) is 0 Å². The summed E-state index contributed by atoms with van der Waals surface area (Å²) in [5, 5.41) is 9.43. The van der Waals surface area contributed by atoms with Gasteiger partial charge in [-0.15, -0.1) is 0 Å². The van der Waals surface area contributed by atoms with Crippen molar-refractivity contribution < 1.29 is 14.7 Å². The molecule has 0 saturated carbocycles. The maximum Gasteiger partial charge on any atom is 0.323 e. The molecule has 0 spiro atoms. The number of carbonyl (C=O) groups excluding carboxylic acids is 1. The summed E-state index contributed by atoms with van der Waals surface area (Å²) in [7, 11) is 3.74. The van der Waals surface area contributed by atoms with Gasteiger partial charge < -0.3 is 14.9 Å². The van der Waals surface area contributed by atoms with E-state index in [0.717, 1.165) is 0 Å². The molecule has 0 saturated heterocycles.